The molecular formula is C18H26N2O. The maximum Gasteiger partial charge on any atom is 0.274 e. The fraction of sp³-hybridized carbons (Fsp3) is 0.500. The average molecular weight is 286 g/mol. The highest BCUT2D eigenvalue weighted by atomic mass is 16.1. The zero-order valence-corrected chi connectivity index (χ0v) is 13.6. The van der Waals surface area contributed by atoms with Gasteiger partial charge in [0.15, 0.2) is 0 Å². The second-order valence-corrected chi connectivity index (χ2v) is 6.25. The molecule has 0 saturated carbocycles. The molecule has 1 heterocycles. The number of hydrogen-bond acceptors (Lipinski definition) is 1. The number of aryl methyl sites for hydroxylation is 1. The van der Waals surface area contributed by atoms with Crippen molar-refractivity contribution in [3.05, 3.63) is 51.4 Å². The SMILES string of the molecule is CCCCc1c(CC(C)C)[nH]n(-c2cccc(C)c2)c1=O. The molecule has 0 aliphatic heterocycles. The van der Waals surface area contributed by atoms with Crippen LogP contribution >= 0.6 is 0 Å². The number of benzene rings is 1. The van der Waals surface area contributed by atoms with Gasteiger partial charge in [0, 0.05) is 11.3 Å². The number of nitrogens with zero attached hydrogens (tertiary/aromatic N) is 1. The molecule has 21 heavy (non-hydrogen) atoms. The van der Waals surface area contributed by atoms with Crippen LogP contribution in [0.15, 0.2) is 29.1 Å². The van der Waals surface area contributed by atoms with Crippen molar-refractivity contribution >= 4 is 0 Å². The van der Waals surface area contributed by atoms with Crippen LogP contribution in [0.3, 0.4) is 0 Å². The summed E-state index contributed by atoms with van der Waals surface area (Å²) in [6.07, 6.45) is 3.96. The van der Waals surface area contributed by atoms with Gasteiger partial charge < -0.3 is 0 Å². The Morgan fingerprint density at radius 3 is 2.67 bits per heavy atom. The number of rotatable bonds is 6. The Balaban J connectivity index is 2.47. The number of aromatic amines is 1. The van der Waals surface area contributed by atoms with Crippen molar-refractivity contribution in [2.24, 2.45) is 5.92 Å². The molecule has 1 aromatic heterocycles. The van der Waals surface area contributed by atoms with Gasteiger partial charge in [-0.1, -0.05) is 39.3 Å². The minimum absolute atomic E-state index is 0.115. The predicted octanol–water partition coefficient (Wildman–Crippen LogP) is 4.02. The molecule has 0 amide bonds. The van der Waals surface area contributed by atoms with Gasteiger partial charge >= 0.3 is 0 Å². The molecule has 1 aromatic carbocycles. The molecule has 0 aliphatic carbocycles. The first kappa shape index (κ1) is 15.6. The molecule has 0 radical (unpaired) electrons. The summed E-state index contributed by atoms with van der Waals surface area (Å²) in [7, 11) is 0. The molecule has 0 aliphatic rings. The third-order valence-electron chi connectivity index (χ3n) is 3.72. The van der Waals surface area contributed by atoms with Gasteiger partial charge in [0.1, 0.15) is 0 Å². The molecule has 0 spiro atoms. The van der Waals surface area contributed by atoms with E-state index >= 15 is 0 Å². The van der Waals surface area contributed by atoms with Gasteiger partial charge in [0.05, 0.1) is 5.69 Å². The van der Waals surface area contributed by atoms with Crippen molar-refractivity contribution in [3.8, 4) is 5.69 Å². The normalized spacial score (nSPS) is 11.3. The van der Waals surface area contributed by atoms with Crippen LogP contribution in [0.25, 0.3) is 5.69 Å². The van der Waals surface area contributed by atoms with Gasteiger partial charge in [-0.15, -0.1) is 0 Å². The lowest BCUT2D eigenvalue weighted by molar-refractivity contribution is 0.622. The van der Waals surface area contributed by atoms with E-state index in [4.69, 9.17) is 0 Å². The number of aromatic nitrogens is 2. The van der Waals surface area contributed by atoms with Gasteiger partial charge in [-0.25, -0.2) is 4.68 Å². The first-order valence-electron chi connectivity index (χ1n) is 7.92. The van der Waals surface area contributed by atoms with Crippen LogP contribution in [0, 0.1) is 12.8 Å². The molecule has 3 heteroatoms. The first-order valence-corrected chi connectivity index (χ1v) is 7.92. The van der Waals surface area contributed by atoms with Gasteiger partial charge in [0.25, 0.3) is 5.56 Å². The minimum Gasteiger partial charge on any atom is -0.295 e. The Bertz CT molecular complexity index is 649. The van der Waals surface area contributed by atoms with Crippen LogP contribution in [0.1, 0.15) is 50.4 Å². The van der Waals surface area contributed by atoms with Crippen molar-refractivity contribution in [2.45, 2.75) is 53.4 Å². The summed E-state index contributed by atoms with van der Waals surface area (Å²) in [5, 5.41) is 3.34. The Kier molecular flexibility index (Phi) is 5.05. The second kappa shape index (κ2) is 6.79. The van der Waals surface area contributed by atoms with Crippen molar-refractivity contribution in [2.75, 3.05) is 0 Å². The molecule has 0 bridgehead atoms. The summed E-state index contributed by atoms with van der Waals surface area (Å²) >= 11 is 0. The molecule has 1 N–H and O–H groups in total. The molecule has 3 nitrogen and oxygen atoms in total. The van der Waals surface area contributed by atoms with Crippen LogP contribution in [0.4, 0.5) is 0 Å². The predicted molar refractivity (Wildman–Crippen MR) is 88.3 cm³/mol. The van der Waals surface area contributed by atoms with E-state index in [9.17, 15) is 4.79 Å². The molecule has 114 valence electrons. The van der Waals surface area contributed by atoms with E-state index in [1.54, 1.807) is 4.68 Å². The maximum absolute atomic E-state index is 12.7. The Labute approximate surface area is 127 Å². The zero-order chi connectivity index (χ0) is 15.4. The smallest absolute Gasteiger partial charge is 0.274 e. The lowest BCUT2D eigenvalue weighted by Gasteiger charge is -2.05. The van der Waals surface area contributed by atoms with Crippen LogP contribution in [-0.2, 0) is 12.8 Å². The molecule has 0 saturated heterocycles. The van der Waals surface area contributed by atoms with Gasteiger partial charge in [-0.05, 0) is 49.8 Å². The lowest BCUT2D eigenvalue weighted by atomic mass is 10.0. The fourth-order valence-electron chi connectivity index (χ4n) is 2.65. The highest BCUT2D eigenvalue weighted by Crippen LogP contribution is 2.14. The monoisotopic (exact) mass is 286 g/mol. The largest absolute Gasteiger partial charge is 0.295 e. The fourth-order valence-corrected chi connectivity index (χ4v) is 2.65. The number of unbranched alkanes of at least 4 members (excludes halogenated alkanes) is 1. The van der Waals surface area contributed by atoms with Gasteiger partial charge in [-0.3, -0.25) is 9.89 Å². The van der Waals surface area contributed by atoms with Crippen LogP contribution < -0.4 is 5.56 Å². The van der Waals surface area contributed by atoms with Gasteiger partial charge in [-0.2, -0.15) is 0 Å². The van der Waals surface area contributed by atoms with Crippen molar-refractivity contribution < 1.29 is 0 Å². The Hall–Kier alpha value is -1.77. The quantitative estimate of drug-likeness (QED) is 0.856. The van der Waals surface area contributed by atoms with E-state index in [0.717, 1.165) is 48.2 Å². The standard InChI is InChI=1S/C18H26N2O/c1-5-6-10-16-17(11-13(2)3)19-20(18(16)21)15-9-7-8-14(4)12-15/h7-9,12-13,19H,5-6,10-11H2,1-4H3. The van der Waals surface area contributed by atoms with E-state index in [-0.39, 0.29) is 5.56 Å². The highest BCUT2D eigenvalue weighted by molar-refractivity contribution is 5.36. The third kappa shape index (κ3) is 3.66. The van der Waals surface area contributed by atoms with Crippen molar-refractivity contribution in [1.29, 1.82) is 0 Å². The lowest BCUT2D eigenvalue weighted by Crippen LogP contribution is -2.17. The van der Waals surface area contributed by atoms with Crippen molar-refractivity contribution in [1.82, 2.24) is 9.78 Å². The van der Waals surface area contributed by atoms with Crippen LogP contribution in [0.2, 0.25) is 0 Å². The maximum atomic E-state index is 12.7. The Morgan fingerprint density at radius 1 is 1.29 bits per heavy atom. The van der Waals surface area contributed by atoms with Crippen molar-refractivity contribution in [3.63, 3.8) is 0 Å². The summed E-state index contributed by atoms with van der Waals surface area (Å²) in [6, 6.07) is 8.06. The summed E-state index contributed by atoms with van der Waals surface area (Å²) in [4.78, 5) is 12.7. The van der Waals surface area contributed by atoms with Crippen LogP contribution in [0.5, 0.6) is 0 Å². The second-order valence-electron chi connectivity index (χ2n) is 6.25. The van der Waals surface area contributed by atoms with Crippen LogP contribution in [-0.4, -0.2) is 9.78 Å². The number of H-pyrrole nitrogens is 1. The van der Waals surface area contributed by atoms with E-state index in [1.807, 2.05) is 31.2 Å². The van der Waals surface area contributed by atoms with E-state index in [2.05, 4.69) is 25.9 Å². The molecule has 0 unspecified atom stereocenters. The summed E-state index contributed by atoms with van der Waals surface area (Å²) in [6.45, 7) is 8.58. The number of hydrogen-bond donors (Lipinski definition) is 1. The molecule has 2 aromatic rings. The molecule has 0 atom stereocenters. The average Bonchev–Trinajstić information content (AvgIpc) is 2.72. The summed E-state index contributed by atoms with van der Waals surface area (Å²) < 4.78 is 1.70. The Morgan fingerprint density at radius 2 is 2.05 bits per heavy atom. The molecule has 0 fully saturated rings. The number of nitrogens with one attached hydrogen (secondary N) is 1. The van der Waals surface area contributed by atoms with E-state index < -0.39 is 0 Å². The first-order chi connectivity index (χ1) is 10.0. The highest BCUT2D eigenvalue weighted by Gasteiger charge is 2.15. The topological polar surface area (TPSA) is 37.8 Å². The van der Waals surface area contributed by atoms with E-state index in [1.165, 1.54) is 0 Å². The zero-order valence-electron chi connectivity index (χ0n) is 13.6. The summed E-state index contributed by atoms with van der Waals surface area (Å²) in [5.74, 6) is 0.536. The van der Waals surface area contributed by atoms with Gasteiger partial charge in [0.2, 0.25) is 0 Å². The van der Waals surface area contributed by atoms with E-state index in [0.29, 0.717) is 5.92 Å². The molecular weight excluding hydrogens is 260 g/mol. The minimum atomic E-state index is 0.115. The molecule has 2 rings (SSSR count). The third-order valence-corrected chi connectivity index (χ3v) is 3.72. The summed E-state index contributed by atoms with van der Waals surface area (Å²) in [5.41, 5.74) is 4.27.